The van der Waals surface area contributed by atoms with Crippen LogP contribution in [0.4, 0.5) is 5.00 Å². The molecule has 0 aliphatic heterocycles. The van der Waals surface area contributed by atoms with Crippen LogP contribution >= 0.6 is 27.3 Å². The molecule has 0 atom stereocenters. The van der Waals surface area contributed by atoms with Crippen molar-refractivity contribution in [2.24, 2.45) is 5.73 Å². The highest BCUT2D eigenvalue weighted by Gasteiger charge is 2.25. The fourth-order valence-electron chi connectivity index (χ4n) is 3.32. The molecule has 2 aromatic rings. The average Bonchev–Trinajstić information content (AvgIpc) is 2.98. The second-order valence-corrected chi connectivity index (χ2v) is 8.97. The smallest absolute Gasteiger partial charge is 0.262 e. The van der Waals surface area contributed by atoms with Gasteiger partial charge < -0.3 is 15.8 Å². The predicted molar refractivity (Wildman–Crippen MR) is 112 cm³/mol. The van der Waals surface area contributed by atoms with E-state index in [-0.39, 0.29) is 18.4 Å². The number of rotatable bonds is 6. The Morgan fingerprint density at radius 1 is 1.30 bits per heavy atom. The average molecular weight is 451 g/mol. The number of benzene rings is 1. The number of carbonyl (C=O) groups excluding carboxylic acids is 2. The summed E-state index contributed by atoms with van der Waals surface area (Å²) in [6.07, 6.45) is 3.92. The second kappa shape index (κ2) is 8.44. The number of ether oxygens (including phenoxy) is 1. The lowest BCUT2D eigenvalue weighted by molar-refractivity contribution is -0.118. The lowest BCUT2D eigenvalue weighted by Gasteiger charge is -2.14. The van der Waals surface area contributed by atoms with E-state index in [1.54, 1.807) is 0 Å². The van der Waals surface area contributed by atoms with E-state index >= 15 is 0 Å². The van der Waals surface area contributed by atoms with Gasteiger partial charge in [0.1, 0.15) is 10.8 Å². The number of amides is 2. The Hall–Kier alpha value is -1.86. The molecule has 3 N–H and O–H groups in total. The third-order valence-electron chi connectivity index (χ3n) is 4.62. The Kier molecular flexibility index (Phi) is 6.22. The number of hydrogen-bond acceptors (Lipinski definition) is 4. The number of carbonyl (C=O) groups is 2. The molecule has 0 saturated heterocycles. The van der Waals surface area contributed by atoms with Crippen LogP contribution in [0, 0.1) is 0 Å². The highest BCUT2D eigenvalue weighted by molar-refractivity contribution is 9.10. The molecule has 144 valence electrons. The van der Waals surface area contributed by atoms with Gasteiger partial charge in [-0.25, -0.2) is 0 Å². The maximum Gasteiger partial charge on any atom is 0.262 e. The van der Waals surface area contributed by atoms with Gasteiger partial charge in [0.2, 0.25) is 0 Å². The van der Waals surface area contributed by atoms with Gasteiger partial charge >= 0.3 is 0 Å². The maximum absolute atomic E-state index is 12.4. The van der Waals surface area contributed by atoms with Crippen LogP contribution in [0.3, 0.4) is 0 Å². The van der Waals surface area contributed by atoms with Crippen LogP contribution in [0.15, 0.2) is 22.7 Å². The number of anilines is 1. The van der Waals surface area contributed by atoms with Gasteiger partial charge in [0.25, 0.3) is 11.8 Å². The molecule has 0 radical (unpaired) electrons. The zero-order chi connectivity index (χ0) is 19.6. The number of halogens is 1. The zero-order valence-corrected chi connectivity index (χ0v) is 17.8. The van der Waals surface area contributed by atoms with Gasteiger partial charge in [-0.2, -0.15) is 0 Å². The minimum atomic E-state index is -0.486. The van der Waals surface area contributed by atoms with Crippen LogP contribution in [-0.4, -0.2) is 18.4 Å². The van der Waals surface area contributed by atoms with E-state index in [4.69, 9.17) is 10.5 Å². The summed E-state index contributed by atoms with van der Waals surface area (Å²) in [6.45, 7) is 4.02. The largest absolute Gasteiger partial charge is 0.483 e. The third kappa shape index (κ3) is 4.52. The Bertz CT molecular complexity index is 876. The van der Waals surface area contributed by atoms with Gasteiger partial charge in [-0.05, 0) is 60.9 Å². The minimum Gasteiger partial charge on any atom is -0.483 e. The monoisotopic (exact) mass is 450 g/mol. The summed E-state index contributed by atoms with van der Waals surface area (Å²) in [5.74, 6) is 0.171. The molecule has 1 heterocycles. The molecule has 3 rings (SSSR count). The highest BCUT2D eigenvalue weighted by Crippen LogP contribution is 2.38. The number of nitrogens with two attached hydrogens (primary N) is 1. The zero-order valence-electron chi connectivity index (χ0n) is 15.4. The van der Waals surface area contributed by atoms with Crippen LogP contribution in [-0.2, 0) is 17.6 Å². The van der Waals surface area contributed by atoms with Crippen molar-refractivity contribution in [2.45, 2.75) is 45.4 Å². The fourth-order valence-corrected chi connectivity index (χ4v) is 5.01. The van der Waals surface area contributed by atoms with E-state index in [1.165, 1.54) is 11.3 Å². The molecular weight excluding hydrogens is 428 g/mol. The van der Waals surface area contributed by atoms with Crippen LogP contribution in [0.5, 0.6) is 5.75 Å². The lowest BCUT2D eigenvalue weighted by Crippen LogP contribution is -2.22. The molecule has 1 aromatic heterocycles. The fraction of sp³-hybridized carbons (Fsp3) is 0.400. The van der Waals surface area contributed by atoms with Crippen LogP contribution in [0.1, 0.15) is 59.0 Å². The van der Waals surface area contributed by atoms with Crippen LogP contribution in [0.25, 0.3) is 0 Å². The second-order valence-electron chi connectivity index (χ2n) is 6.95. The summed E-state index contributed by atoms with van der Waals surface area (Å²) in [7, 11) is 0. The summed E-state index contributed by atoms with van der Waals surface area (Å²) in [6, 6.07) is 5.74. The molecule has 0 spiro atoms. The van der Waals surface area contributed by atoms with Crippen molar-refractivity contribution in [1.82, 2.24) is 0 Å². The highest BCUT2D eigenvalue weighted by atomic mass is 79.9. The Balaban J connectivity index is 1.72. The van der Waals surface area contributed by atoms with Crippen molar-refractivity contribution >= 4 is 44.1 Å². The quantitative estimate of drug-likeness (QED) is 0.672. The topological polar surface area (TPSA) is 81.4 Å². The molecule has 0 fully saturated rings. The summed E-state index contributed by atoms with van der Waals surface area (Å²) in [5, 5.41) is 3.37. The SMILES string of the molecule is CC(C)c1cc(Br)ccc1OCC(=O)Nc1sc2c(c1C(N)=O)CCCC2. The minimum absolute atomic E-state index is 0.123. The van der Waals surface area contributed by atoms with E-state index in [1.807, 2.05) is 18.2 Å². The number of thiophene rings is 1. The molecule has 1 aliphatic rings. The van der Waals surface area contributed by atoms with Crippen LogP contribution < -0.4 is 15.8 Å². The normalized spacial score (nSPS) is 13.3. The molecule has 1 aromatic carbocycles. The van der Waals surface area contributed by atoms with E-state index < -0.39 is 5.91 Å². The van der Waals surface area contributed by atoms with Crippen molar-refractivity contribution in [2.75, 3.05) is 11.9 Å². The number of hydrogen-bond donors (Lipinski definition) is 2. The molecule has 5 nitrogen and oxygen atoms in total. The first-order valence-corrected chi connectivity index (χ1v) is 10.6. The predicted octanol–water partition coefficient (Wildman–Crippen LogP) is 4.63. The Morgan fingerprint density at radius 3 is 2.74 bits per heavy atom. The molecule has 2 amide bonds. The number of nitrogens with one attached hydrogen (secondary N) is 1. The van der Waals surface area contributed by atoms with Gasteiger partial charge in [-0.1, -0.05) is 29.8 Å². The van der Waals surface area contributed by atoms with E-state index in [0.717, 1.165) is 46.2 Å². The van der Waals surface area contributed by atoms with Crippen molar-refractivity contribution in [1.29, 1.82) is 0 Å². The molecule has 7 heteroatoms. The van der Waals surface area contributed by atoms with E-state index in [9.17, 15) is 9.59 Å². The lowest BCUT2D eigenvalue weighted by atomic mass is 9.95. The number of fused-ring (bicyclic) bond motifs is 1. The summed E-state index contributed by atoms with van der Waals surface area (Å²) >= 11 is 4.92. The summed E-state index contributed by atoms with van der Waals surface area (Å²) in [4.78, 5) is 25.5. The van der Waals surface area contributed by atoms with Gasteiger partial charge in [-0.15, -0.1) is 11.3 Å². The van der Waals surface area contributed by atoms with Crippen LogP contribution in [0.2, 0.25) is 0 Å². The number of aryl methyl sites for hydroxylation is 1. The standard InChI is InChI=1S/C20H23BrN2O3S/c1-11(2)14-9-12(21)7-8-15(14)26-10-17(24)23-20-18(19(22)25)13-5-3-4-6-16(13)27-20/h7-9,11H,3-6,10H2,1-2H3,(H2,22,25)(H,23,24). The van der Waals surface area contributed by atoms with Crippen molar-refractivity contribution < 1.29 is 14.3 Å². The Morgan fingerprint density at radius 2 is 2.04 bits per heavy atom. The molecule has 0 bridgehead atoms. The molecular formula is C20H23BrN2O3S. The molecule has 0 saturated carbocycles. The van der Waals surface area contributed by atoms with Crippen molar-refractivity contribution in [3.63, 3.8) is 0 Å². The number of primary amides is 1. The molecule has 1 aliphatic carbocycles. The third-order valence-corrected chi connectivity index (χ3v) is 6.32. The first-order valence-electron chi connectivity index (χ1n) is 9.03. The van der Waals surface area contributed by atoms with Gasteiger partial charge in [0.15, 0.2) is 6.61 Å². The Labute approximate surface area is 171 Å². The first kappa shape index (κ1) is 19.9. The van der Waals surface area contributed by atoms with E-state index in [2.05, 4.69) is 35.1 Å². The summed E-state index contributed by atoms with van der Waals surface area (Å²) in [5.41, 5.74) is 8.07. The maximum atomic E-state index is 12.4. The summed E-state index contributed by atoms with van der Waals surface area (Å²) < 4.78 is 6.72. The van der Waals surface area contributed by atoms with Crippen molar-refractivity contribution in [3.8, 4) is 5.75 Å². The molecule has 0 unspecified atom stereocenters. The first-order chi connectivity index (χ1) is 12.9. The molecule has 27 heavy (non-hydrogen) atoms. The van der Waals surface area contributed by atoms with Crippen molar-refractivity contribution in [3.05, 3.63) is 44.2 Å². The van der Waals surface area contributed by atoms with E-state index in [0.29, 0.717) is 16.3 Å². The van der Waals surface area contributed by atoms with Gasteiger partial charge in [0.05, 0.1) is 5.56 Å². The van der Waals surface area contributed by atoms with Gasteiger partial charge in [-0.3, -0.25) is 9.59 Å². The van der Waals surface area contributed by atoms with Gasteiger partial charge in [0, 0.05) is 9.35 Å².